The van der Waals surface area contributed by atoms with Crippen molar-refractivity contribution in [3.8, 4) is 5.75 Å². The molecule has 0 saturated carbocycles. The van der Waals surface area contributed by atoms with Gasteiger partial charge in [0.1, 0.15) is 5.75 Å². The number of hydrogen-bond acceptors (Lipinski definition) is 5. The molecule has 0 aliphatic carbocycles. The third-order valence-corrected chi connectivity index (χ3v) is 5.29. The van der Waals surface area contributed by atoms with E-state index in [-0.39, 0.29) is 17.0 Å². The molecule has 3 N–H and O–H groups in total. The van der Waals surface area contributed by atoms with Crippen LogP contribution in [0.1, 0.15) is 11.1 Å². The number of para-hydroxylation sites is 1. The van der Waals surface area contributed by atoms with E-state index in [1.165, 1.54) is 30.3 Å². The molecule has 2 amide bonds. The number of benzene rings is 2. The lowest BCUT2D eigenvalue weighted by Gasteiger charge is -2.13. The van der Waals surface area contributed by atoms with Crippen molar-refractivity contribution in [1.29, 1.82) is 0 Å². The Morgan fingerprint density at radius 1 is 0.935 bits per heavy atom. The van der Waals surface area contributed by atoms with Gasteiger partial charge in [0, 0.05) is 12.1 Å². The van der Waals surface area contributed by atoms with Crippen molar-refractivity contribution in [3.63, 3.8) is 0 Å². The van der Waals surface area contributed by atoms with Gasteiger partial charge in [0.25, 0.3) is 0 Å². The summed E-state index contributed by atoms with van der Waals surface area (Å²) in [6.07, 6.45) is -4.87. The molecule has 2 rings (SSSR count). The van der Waals surface area contributed by atoms with Gasteiger partial charge in [0.15, 0.2) is 0 Å². The monoisotopic (exact) mass is 459 g/mol. The van der Waals surface area contributed by atoms with Crippen LogP contribution in [0.15, 0.2) is 53.4 Å². The number of amides is 2. The molecule has 0 atom stereocenters. The second-order valence-corrected chi connectivity index (χ2v) is 8.11. The molecule has 0 aliphatic rings. The molecule has 2 aromatic rings. The number of ether oxygens (including phenoxy) is 1. The molecule has 8 nitrogen and oxygen atoms in total. The van der Waals surface area contributed by atoms with Crippen LogP contribution in [-0.4, -0.2) is 39.7 Å². The van der Waals surface area contributed by atoms with Crippen LogP contribution in [0, 0.1) is 6.92 Å². The zero-order valence-corrected chi connectivity index (χ0v) is 17.1. The molecule has 0 heterocycles. The van der Waals surface area contributed by atoms with E-state index < -0.39 is 47.0 Å². The van der Waals surface area contributed by atoms with Gasteiger partial charge in [-0.15, -0.1) is 13.2 Å². The summed E-state index contributed by atoms with van der Waals surface area (Å²) in [5.74, 6) is -1.90. The first-order chi connectivity index (χ1) is 14.5. The summed E-state index contributed by atoms with van der Waals surface area (Å²) in [5.41, 5.74) is 0.959. The predicted molar refractivity (Wildman–Crippen MR) is 104 cm³/mol. The van der Waals surface area contributed by atoms with E-state index in [0.717, 1.165) is 11.6 Å². The van der Waals surface area contributed by atoms with Crippen molar-refractivity contribution in [2.75, 3.05) is 13.1 Å². The number of alkyl halides is 3. The maximum Gasteiger partial charge on any atom is 0.573 e. The molecule has 0 fully saturated rings. The van der Waals surface area contributed by atoms with E-state index in [1.807, 2.05) is 0 Å². The summed E-state index contributed by atoms with van der Waals surface area (Å²) in [7, 11) is -3.89. The second-order valence-electron chi connectivity index (χ2n) is 6.35. The van der Waals surface area contributed by atoms with Crippen molar-refractivity contribution < 1.29 is 35.9 Å². The first-order valence-corrected chi connectivity index (χ1v) is 10.4. The fourth-order valence-electron chi connectivity index (χ4n) is 2.33. The van der Waals surface area contributed by atoms with Crippen molar-refractivity contribution in [2.45, 2.75) is 24.7 Å². The zero-order valence-electron chi connectivity index (χ0n) is 16.3. The van der Waals surface area contributed by atoms with Crippen molar-refractivity contribution in [3.05, 3.63) is 59.7 Å². The lowest BCUT2D eigenvalue weighted by Crippen LogP contribution is -2.41. The normalized spacial score (nSPS) is 11.6. The minimum Gasteiger partial charge on any atom is -0.405 e. The van der Waals surface area contributed by atoms with Crippen LogP contribution in [0.4, 0.5) is 13.2 Å². The molecule has 31 heavy (non-hydrogen) atoms. The molecule has 12 heteroatoms. The molecule has 0 unspecified atom stereocenters. The summed E-state index contributed by atoms with van der Waals surface area (Å²) in [4.78, 5) is 23.6. The molecule has 168 valence electrons. The average molecular weight is 459 g/mol. The van der Waals surface area contributed by atoms with Crippen LogP contribution in [0.5, 0.6) is 5.75 Å². The van der Waals surface area contributed by atoms with Gasteiger partial charge in [-0.3, -0.25) is 9.59 Å². The van der Waals surface area contributed by atoms with E-state index in [4.69, 9.17) is 0 Å². The highest BCUT2D eigenvalue weighted by Crippen LogP contribution is 2.26. The van der Waals surface area contributed by atoms with Gasteiger partial charge in [0.05, 0.1) is 18.0 Å². The van der Waals surface area contributed by atoms with E-state index in [1.54, 1.807) is 19.1 Å². The highest BCUT2D eigenvalue weighted by Gasteiger charge is 2.32. The summed E-state index contributed by atoms with van der Waals surface area (Å²) < 4.78 is 67.4. The number of hydrogen-bond donors (Lipinski definition) is 3. The highest BCUT2D eigenvalue weighted by atomic mass is 32.2. The Kier molecular flexibility index (Phi) is 8.00. The van der Waals surface area contributed by atoms with Crippen molar-refractivity contribution >= 4 is 21.8 Å². The standard InChI is InChI=1S/C19H20F3N3O5S/c1-13-6-8-15(9-7-13)31(28,29)25-12-18(27)24-11-17(26)23-10-14-4-2-3-5-16(14)30-19(20,21)22/h2-9,25H,10-12H2,1H3,(H,23,26)(H,24,27). The van der Waals surface area contributed by atoms with Crippen LogP contribution in [0.25, 0.3) is 0 Å². The van der Waals surface area contributed by atoms with Crippen LogP contribution in [-0.2, 0) is 26.2 Å². The van der Waals surface area contributed by atoms with Crippen LogP contribution in [0.2, 0.25) is 0 Å². The molecule has 0 spiro atoms. The lowest BCUT2D eigenvalue weighted by molar-refractivity contribution is -0.274. The number of carbonyl (C=O) groups is 2. The zero-order chi connectivity index (χ0) is 23.1. The number of carbonyl (C=O) groups excluding carboxylic acids is 2. The van der Waals surface area contributed by atoms with Gasteiger partial charge < -0.3 is 15.4 Å². The largest absolute Gasteiger partial charge is 0.573 e. The molecule has 0 aromatic heterocycles. The molecular weight excluding hydrogens is 439 g/mol. The van der Waals surface area contributed by atoms with Gasteiger partial charge in [-0.25, -0.2) is 13.1 Å². The Hall–Kier alpha value is -3.12. The minimum absolute atomic E-state index is 0.0108. The molecule has 2 aromatic carbocycles. The van der Waals surface area contributed by atoms with Crippen molar-refractivity contribution in [2.24, 2.45) is 0 Å². The van der Waals surface area contributed by atoms with Crippen LogP contribution >= 0.6 is 0 Å². The number of sulfonamides is 1. The van der Waals surface area contributed by atoms with Gasteiger partial charge in [-0.1, -0.05) is 35.9 Å². The van der Waals surface area contributed by atoms with Gasteiger partial charge in [-0.05, 0) is 25.1 Å². The topological polar surface area (TPSA) is 114 Å². The minimum atomic E-state index is -4.87. The fraction of sp³-hybridized carbons (Fsp3) is 0.263. The predicted octanol–water partition coefficient (Wildman–Crippen LogP) is 1.60. The molecule has 0 aliphatic heterocycles. The SMILES string of the molecule is Cc1ccc(S(=O)(=O)NCC(=O)NCC(=O)NCc2ccccc2OC(F)(F)F)cc1. The first-order valence-electron chi connectivity index (χ1n) is 8.90. The molecule has 0 radical (unpaired) electrons. The average Bonchev–Trinajstić information content (AvgIpc) is 2.69. The second kappa shape index (κ2) is 10.3. The van der Waals surface area contributed by atoms with E-state index in [2.05, 4.69) is 20.1 Å². The summed E-state index contributed by atoms with van der Waals surface area (Å²) in [6, 6.07) is 11.3. The molecule has 0 saturated heterocycles. The van der Waals surface area contributed by atoms with Crippen molar-refractivity contribution in [1.82, 2.24) is 15.4 Å². The fourth-order valence-corrected chi connectivity index (χ4v) is 3.32. The Morgan fingerprint density at radius 2 is 1.55 bits per heavy atom. The van der Waals surface area contributed by atoms with Crippen LogP contribution in [0.3, 0.4) is 0 Å². The van der Waals surface area contributed by atoms with Gasteiger partial charge in [-0.2, -0.15) is 0 Å². The van der Waals surface area contributed by atoms with E-state index in [9.17, 15) is 31.2 Å². The van der Waals surface area contributed by atoms with Gasteiger partial charge >= 0.3 is 6.36 Å². The Morgan fingerprint density at radius 3 is 2.19 bits per heavy atom. The Balaban J connectivity index is 1.79. The summed E-state index contributed by atoms with van der Waals surface area (Å²) in [6.45, 7) is 0.449. The highest BCUT2D eigenvalue weighted by molar-refractivity contribution is 7.89. The summed E-state index contributed by atoms with van der Waals surface area (Å²) in [5, 5.41) is 4.56. The Labute approximate surface area is 176 Å². The number of rotatable bonds is 9. The van der Waals surface area contributed by atoms with E-state index >= 15 is 0 Å². The maximum absolute atomic E-state index is 12.4. The maximum atomic E-state index is 12.4. The third kappa shape index (κ3) is 8.26. The van der Waals surface area contributed by atoms with E-state index in [0.29, 0.717) is 0 Å². The number of nitrogens with one attached hydrogen (secondary N) is 3. The Bertz CT molecular complexity index is 1020. The quantitative estimate of drug-likeness (QED) is 0.527. The number of aryl methyl sites for hydroxylation is 1. The lowest BCUT2D eigenvalue weighted by atomic mass is 10.2. The molecular formula is C19H20F3N3O5S. The first kappa shape index (κ1) is 24.2. The van der Waals surface area contributed by atoms with Gasteiger partial charge in [0.2, 0.25) is 21.8 Å². The smallest absolute Gasteiger partial charge is 0.405 e. The van der Waals surface area contributed by atoms with Crippen LogP contribution < -0.4 is 20.1 Å². The molecule has 0 bridgehead atoms. The third-order valence-electron chi connectivity index (χ3n) is 3.87. The summed E-state index contributed by atoms with van der Waals surface area (Å²) >= 11 is 0. The number of halogens is 3.